The maximum Gasteiger partial charge on any atom is 0.223 e. The molecule has 0 radical (unpaired) electrons. The molecule has 1 atom stereocenters. The highest BCUT2D eigenvalue weighted by Crippen LogP contribution is 2.19. The van der Waals surface area contributed by atoms with Crippen LogP contribution in [0.5, 0.6) is 0 Å². The molecule has 20 heavy (non-hydrogen) atoms. The number of hydrogen-bond donors (Lipinski definition) is 1. The SMILES string of the molecule is CN(CCC1CCOCC1)C(=O)CC1CSCCN1.Cl. The van der Waals surface area contributed by atoms with E-state index in [4.69, 9.17) is 4.74 Å². The number of rotatable bonds is 5. The molecule has 2 fully saturated rings. The fourth-order valence-corrected chi connectivity index (χ4v) is 3.60. The number of nitrogens with one attached hydrogen (secondary N) is 1. The maximum atomic E-state index is 12.1. The number of thioether (sulfide) groups is 1. The first-order chi connectivity index (χ1) is 9.25. The predicted molar refractivity (Wildman–Crippen MR) is 86.8 cm³/mol. The minimum absolute atomic E-state index is 0. The second kappa shape index (κ2) is 9.87. The van der Waals surface area contributed by atoms with Gasteiger partial charge in [0, 0.05) is 57.3 Å². The molecule has 0 aromatic carbocycles. The lowest BCUT2D eigenvalue weighted by Gasteiger charge is -2.27. The van der Waals surface area contributed by atoms with Crippen LogP contribution in [0.15, 0.2) is 0 Å². The van der Waals surface area contributed by atoms with Crippen molar-refractivity contribution in [3.8, 4) is 0 Å². The van der Waals surface area contributed by atoms with Gasteiger partial charge in [0.15, 0.2) is 0 Å². The lowest BCUT2D eigenvalue weighted by molar-refractivity contribution is -0.130. The second-order valence-electron chi connectivity index (χ2n) is 5.59. The Balaban J connectivity index is 0.00000200. The van der Waals surface area contributed by atoms with Crippen LogP contribution in [-0.2, 0) is 9.53 Å². The molecule has 0 spiro atoms. The third kappa shape index (κ3) is 6.20. The summed E-state index contributed by atoms with van der Waals surface area (Å²) in [5.41, 5.74) is 0. The Morgan fingerprint density at radius 2 is 2.15 bits per heavy atom. The predicted octanol–water partition coefficient (Wildman–Crippen LogP) is 1.78. The summed E-state index contributed by atoms with van der Waals surface area (Å²) >= 11 is 1.95. The summed E-state index contributed by atoms with van der Waals surface area (Å²) in [6, 6.07) is 0.372. The molecular weight excluding hydrogens is 296 g/mol. The van der Waals surface area contributed by atoms with Gasteiger partial charge in [-0.1, -0.05) is 0 Å². The fraction of sp³-hybridized carbons (Fsp3) is 0.929. The lowest BCUT2D eigenvalue weighted by Crippen LogP contribution is -2.42. The monoisotopic (exact) mass is 322 g/mol. The molecule has 1 unspecified atom stereocenters. The van der Waals surface area contributed by atoms with Crippen LogP contribution < -0.4 is 5.32 Å². The zero-order valence-electron chi connectivity index (χ0n) is 12.3. The topological polar surface area (TPSA) is 41.6 Å². The van der Waals surface area contributed by atoms with E-state index in [9.17, 15) is 4.79 Å². The zero-order chi connectivity index (χ0) is 13.5. The lowest BCUT2D eigenvalue weighted by atomic mass is 9.96. The van der Waals surface area contributed by atoms with Gasteiger partial charge >= 0.3 is 0 Å². The summed E-state index contributed by atoms with van der Waals surface area (Å²) in [5.74, 6) is 3.27. The van der Waals surface area contributed by atoms with Crippen molar-refractivity contribution in [1.82, 2.24) is 10.2 Å². The van der Waals surface area contributed by atoms with E-state index < -0.39 is 0 Å². The third-order valence-corrected chi connectivity index (χ3v) is 5.19. The van der Waals surface area contributed by atoms with Gasteiger partial charge in [-0.05, 0) is 25.2 Å². The number of halogens is 1. The minimum atomic E-state index is 0. The van der Waals surface area contributed by atoms with Gasteiger partial charge < -0.3 is 15.0 Å². The van der Waals surface area contributed by atoms with Gasteiger partial charge in [-0.15, -0.1) is 12.4 Å². The average Bonchev–Trinajstić information content (AvgIpc) is 2.47. The first kappa shape index (κ1) is 18.1. The van der Waals surface area contributed by atoms with Gasteiger partial charge in [-0.25, -0.2) is 0 Å². The van der Waals surface area contributed by atoms with Crippen molar-refractivity contribution in [3.05, 3.63) is 0 Å². The number of carbonyl (C=O) groups excluding carboxylic acids is 1. The molecule has 6 heteroatoms. The minimum Gasteiger partial charge on any atom is -0.381 e. The third-order valence-electron chi connectivity index (χ3n) is 4.06. The molecule has 118 valence electrons. The van der Waals surface area contributed by atoms with Crippen molar-refractivity contribution in [2.24, 2.45) is 5.92 Å². The van der Waals surface area contributed by atoms with Crippen LogP contribution in [0.2, 0.25) is 0 Å². The molecular formula is C14H27ClN2O2S. The first-order valence-corrected chi connectivity index (χ1v) is 8.54. The normalized spacial score (nSPS) is 23.9. The smallest absolute Gasteiger partial charge is 0.223 e. The fourth-order valence-electron chi connectivity index (χ4n) is 2.65. The van der Waals surface area contributed by atoms with Gasteiger partial charge in [-0.3, -0.25) is 4.79 Å². The number of hydrogen-bond acceptors (Lipinski definition) is 4. The van der Waals surface area contributed by atoms with Crippen molar-refractivity contribution in [3.63, 3.8) is 0 Å². The molecule has 0 aromatic heterocycles. The molecule has 1 amide bonds. The van der Waals surface area contributed by atoms with Crippen LogP contribution in [0.1, 0.15) is 25.7 Å². The number of nitrogens with zero attached hydrogens (tertiary/aromatic N) is 1. The summed E-state index contributed by atoms with van der Waals surface area (Å²) < 4.78 is 5.36. The Hall–Kier alpha value is 0.0300. The van der Waals surface area contributed by atoms with Crippen molar-refractivity contribution in [1.29, 1.82) is 0 Å². The van der Waals surface area contributed by atoms with E-state index in [-0.39, 0.29) is 18.3 Å². The Bertz CT molecular complexity index is 282. The molecule has 4 nitrogen and oxygen atoms in total. The molecule has 0 saturated carbocycles. The summed E-state index contributed by atoms with van der Waals surface area (Å²) in [4.78, 5) is 14.0. The Labute approximate surface area is 132 Å². The van der Waals surface area contributed by atoms with Crippen LogP contribution >= 0.6 is 24.2 Å². The van der Waals surface area contributed by atoms with Gasteiger partial charge in [0.2, 0.25) is 5.91 Å². The number of amides is 1. The Morgan fingerprint density at radius 1 is 1.40 bits per heavy atom. The van der Waals surface area contributed by atoms with Crippen molar-refractivity contribution >= 4 is 30.1 Å². The highest BCUT2D eigenvalue weighted by Gasteiger charge is 2.20. The molecule has 2 aliphatic rings. The van der Waals surface area contributed by atoms with E-state index in [1.165, 1.54) is 5.75 Å². The molecule has 2 saturated heterocycles. The van der Waals surface area contributed by atoms with Crippen molar-refractivity contribution in [2.45, 2.75) is 31.7 Å². The highest BCUT2D eigenvalue weighted by molar-refractivity contribution is 7.99. The van der Waals surface area contributed by atoms with Crippen LogP contribution in [-0.4, -0.2) is 61.7 Å². The Morgan fingerprint density at radius 3 is 2.80 bits per heavy atom. The summed E-state index contributed by atoms with van der Waals surface area (Å²) in [5, 5.41) is 3.43. The summed E-state index contributed by atoms with van der Waals surface area (Å²) in [6.45, 7) is 3.72. The molecule has 0 aromatic rings. The van der Waals surface area contributed by atoms with Crippen LogP contribution in [0.25, 0.3) is 0 Å². The Kier molecular flexibility index (Phi) is 8.93. The summed E-state index contributed by atoms with van der Waals surface area (Å²) in [6.07, 6.45) is 4.08. The molecule has 0 bridgehead atoms. The van der Waals surface area contributed by atoms with Crippen molar-refractivity contribution < 1.29 is 9.53 Å². The first-order valence-electron chi connectivity index (χ1n) is 7.38. The highest BCUT2D eigenvalue weighted by atomic mass is 35.5. The number of carbonyl (C=O) groups is 1. The quantitative estimate of drug-likeness (QED) is 0.838. The van der Waals surface area contributed by atoms with Gasteiger partial charge in [-0.2, -0.15) is 11.8 Å². The van der Waals surface area contributed by atoms with Crippen LogP contribution in [0.3, 0.4) is 0 Å². The zero-order valence-corrected chi connectivity index (χ0v) is 13.9. The average molecular weight is 323 g/mol. The van der Waals surface area contributed by atoms with E-state index in [1.54, 1.807) is 0 Å². The maximum absolute atomic E-state index is 12.1. The van der Waals surface area contributed by atoms with Crippen LogP contribution in [0.4, 0.5) is 0 Å². The van der Waals surface area contributed by atoms with E-state index in [2.05, 4.69) is 5.32 Å². The van der Waals surface area contributed by atoms with E-state index >= 15 is 0 Å². The molecule has 0 aliphatic carbocycles. The van der Waals surface area contributed by atoms with E-state index in [0.29, 0.717) is 12.5 Å². The molecule has 2 aliphatic heterocycles. The second-order valence-corrected chi connectivity index (χ2v) is 6.74. The summed E-state index contributed by atoms with van der Waals surface area (Å²) in [7, 11) is 1.94. The molecule has 1 N–H and O–H groups in total. The van der Waals surface area contributed by atoms with E-state index in [1.807, 2.05) is 23.7 Å². The van der Waals surface area contributed by atoms with Crippen LogP contribution in [0, 0.1) is 5.92 Å². The van der Waals surface area contributed by atoms with E-state index in [0.717, 1.165) is 57.2 Å². The van der Waals surface area contributed by atoms with Gasteiger partial charge in [0.25, 0.3) is 0 Å². The largest absolute Gasteiger partial charge is 0.381 e. The molecule has 2 heterocycles. The standard InChI is InChI=1S/C14H26N2O2S.ClH/c1-16(6-2-12-3-7-18-8-4-12)14(17)10-13-11-19-9-5-15-13;/h12-13,15H,2-11H2,1H3;1H. The molecule has 2 rings (SSSR count). The van der Waals surface area contributed by atoms with Gasteiger partial charge in [0.05, 0.1) is 0 Å². The van der Waals surface area contributed by atoms with Crippen molar-refractivity contribution in [2.75, 3.05) is 44.9 Å². The van der Waals surface area contributed by atoms with Gasteiger partial charge in [0.1, 0.15) is 0 Å². The number of ether oxygens (including phenoxy) is 1.